The summed E-state index contributed by atoms with van der Waals surface area (Å²) in [6.07, 6.45) is 0.741. The van der Waals surface area contributed by atoms with Crippen molar-refractivity contribution in [3.8, 4) is 0 Å². The van der Waals surface area contributed by atoms with Gasteiger partial charge in [0, 0.05) is 17.8 Å². The van der Waals surface area contributed by atoms with Gasteiger partial charge in [-0.3, -0.25) is 4.79 Å². The molecule has 0 N–H and O–H groups in total. The highest BCUT2D eigenvalue weighted by molar-refractivity contribution is 5.89. The summed E-state index contributed by atoms with van der Waals surface area (Å²) < 4.78 is 6.50. The molecule has 0 fully saturated rings. The molecule has 0 spiro atoms. The number of rotatable bonds is 4. The summed E-state index contributed by atoms with van der Waals surface area (Å²) in [5, 5.41) is 0. The normalized spacial score (nSPS) is 10.5. The Hall–Kier alpha value is -2.36. The standard InChI is InChI=1S/C18H21NO3/c1-12-11-13(2)17(20)19(14(12)3)10-9-15-5-7-16(8-6-15)18(21)22-4/h5-8,11H,9-10H2,1-4H3. The molecule has 22 heavy (non-hydrogen) atoms. The third-order valence-corrected chi connectivity index (χ3v) is 3.99. The molecule has 1 heterocycles. The highest BCUT2D eigenvalue weighted by atomic mass is 16.5. The van der Waals surface area contributed by atoms with E-state index in [0.29, 0.717) is 12.1 Å². The third kappa shape index (κ3) is 3.27. The van der Waals surface area contributed by atoms with E-state index in [1.807, 2.05) is 43.5 Å². The predicted octanol–water partition coefficient (Wildman–Crippen LogP) is 2.80. The second-order valence-corrected chi connectivity index (χ2v) is 5.49. The van der Waals surface area contributed by atoms with Crippen molar-refractivity contribution in [1.82, 2.24) is 4.57 Å². The van der Waals surface area contributed by atoms with E-state index in [1.165, 1.54) is 7.11 Å². The minimum absolute atomic E-state index is 0.0641. The molecule has 1 aromatic carbocycles. The lowest BCUT2D eigenvalue weighted by atomic mass is 10.1. The SMILES string of the molecule is COC(=O)c1ccc(CCn2c(C)c(C)cc(C)c2=O)cc1. The van der Waals surface area contributed by atoms with E-state index >= 15 is 0 Å². The maximum atomic E-state index is 12.2. The molecule has 0 saturated heterocycles. The van der Waals surface area contributed by atoms with Gasteiger partial charge in [0.25, 0.3) is 5.56 Å². The first-order chi connectivity index (χ1) is 10.4. The Morgan fingerprint density at radius 3 is 2.32 bits per heavy atom. The Balaban J connectivity index is 2.17. The zero-order valence-electron chi connectivity index (χ0n) is 13.5. The van der Waals surface area contributed by atoms with Crippen molar-refractivity contribution in [2.24, 2.45) is 0 Å². The van der Waals surface area contributed by atoms with Gasteiger partial charge in [-0.15, -0.1) is 0 Å². The van der Waals surface area contributed by atoms with E-state index < -0.39 is 0 Å². The molecule has 0 amide bonds. The minimum atomic E-state index is -0.340. The number of aryl methyl sites for hydroxylation is 3. The van der Waals surface area contributed by atoms with Crippen molar-refractivity contribution in [1.29, 1.82) is 0 Å². The van der Waals surface area contributed by atoms with Crippen LogP contribution in [-0.2, 0) is 17.7 Å². The molecule has 2 aromatic rings. The number of ether oxygens (including phenoxy) is 1. The molecule has 0 aliphatic carbocycles. The number of methoxy groups -OCH3 is 1. The molecule has 1 aromatic heterocycles. The second kappa shape index (κ2) is 6.60. The Bertz CT molecular complexity index is 742. The summed E-state index contributed by atoms with van der Waals surface area (Å²) in [5.41, 5.74) is 4.57. The average molecular weight is 299 g/mol. The lowest BCUT2D eigenvalue weighted by Crippen LogP contribution is -2.26. The van der Waals surface area contributed by atoms with Gasteiger partial charge in [-0.25, -0.2) is 4.79 Å². The number of pyridine rings is 1. The van der Waals surface area contributed by atoms with Gasteiger partial charge in [0.1, 0.15) is 0 Å². The van der Waals surface area contributed by atoms with E-state index in [9.17, 15) is 9.59 Å². The molecule has 0 aliphatic heterocycles. The van der Waals surface area contributed by atoms with Crippen LogP contribution >= 0.6 is 0 Å². The van der Waals surface area contributed by atoms with Crippen LogP contribution in [0.1, 0.15) is 32.7 Å². The van der Waals surface area contributed by atoms with Crippen molar-refractivity contribution in [2.75, 3.05) is 7.11 Å². The van der Waals surface area contributed by atoms with Crippen LogP contribution in [0.2, 0.25) is 0 Å². The van der Waals surface area contributed by atoms with Crippen molar-refractivity contribution in [3.63, 3.8) is 0 Å². The molecular weight excluding hydrogens is 278 g/mol. The van der Waals surface area contributed by atoms with Crippen LogP contribution in [-0.4, -0.2) is 17.6 Å². The number of carbonyl (C=O) groups excluding carboxylic acids is 1. The van der Waals surface area contributed by atoms with Crippen LogP contribution in [0.25, 0.3) is 0 Å². The maximum Gasteiger partial charge on any atom is 0.337 e. The fourth-order valence-corrected chi connectivity index (χ4v) is 2.50. The number of benzene rings is 1. The van der Waals surface area contributed by atoms with Crippen molar-refractivity contribution < 1.29 is 9.53 Å². The molecular formula is C18H21NO3. The van der Waals surface area contributed by atoms with Gasteiger partial charge in [0.2, 0.25) is 0 Å². The lowest BCUT2D eigenvalue weighted by molar-refractivity contribution is 0.0600. The topological polar surface area (TPSA) is 48.3 Å². The summed E-state index contributed by atoms with van der Waals surface area (Å²) in [5.74, 6) is -0.340. The maximum absolute atomic E-state index is 12.2. The van der Waals surface area contributed by atoms with Gasteiger partial charge in [0.05, 0.1) is 12.7 Å². The quantitative estimate of drug-likeness (QED) is 0.816. The lowest BCUT2D eigenvalue weighted by Gasteiger charge is -2.13. The van der Waals surface area contributed by atoms with E-state index in [-0.39, 0.29) is 11.5 Å². The van der Waals surface area contributed by atoms with Crippen molar-refractivity contribution in [3.05, 3.63) is 68.6 Å². The Morgan fingerprint density at radius 2 is 1.73 bits per heavy atom. The highest BCUT2D eigenvalue weighted by Crippen LogP contribution is 2.10. The monoisotopic (exact) mass is 299 g/mol. The zero-order chi connectivity index (χ0) is 16.3. The number of nitrogens with zero attached hydrogens (tertiary/aromatic N) is 1. The van der Waals surface area contributed by atoms with Crippen LogP contribution in [0, 0.1) is 20.8 Å². The first kappa shape index (κ1) is 16.0. The molecule has 0 unspecified atom stereocenters. The molecule has 4 heteroatoms. The minimum Gasteiger partial charge on any atom is -0.465 e. The van der Waals surface area contributed by atoms with Gasteiger partial charge in [-0.1, -0.05) is 12.1 Å². The number of carbonyl (C=O) groups is 1. The molecule has 0 saturated carbocycles. The fraction of sp³-hybridized carbons (Fsp3) is 0.333. The van der Waals surface area contributed by atoms with E-state index in [1.54, 1.807) is 12.1 Å². The second-order valence-electron chi connectivity index (χ2n) is 5.49. The summed E-state index contributed by atoms with van der Waals surface area (Å²) in [6, 6.07) is 9.22. The van der Waals surface area contributed by atoms with Gasteiger partial charge in [0.15, 0.2) is 0 Å². The average Bonchev–Trinajstić information content (AvgIpc) is 2.53. The molecule has 4 nitrogen and oxygen atoms in total. The van der Waals surface area contributed by atoms with Crippen LogP contribution < -0.4 is 5.56 Å². The number of aromatic nitrogens is 1. The first-order valence-electron chi connectivity index (χ1n) is 7.29. The first-order valence-corrected chi connectivity index (χ1v) is 7.29. The number of hydrogen-bond acceptors (Lipinski definition) is 3. The zero-order valence-corrected chi connectivity index (χ0v) is 13.5. The Morgan fingerprint density at radius 1 is 1.09 bits per heavy atom. The smallest absolute Gasteiger partial charge is 0.337 e. The van der Waals surface area contributed by atoms with E-state index in [4.69, 9.17) is 0 Å². The van der Waals surface area contributed by atoms with Gasteiger partial charge >= 0.3 is 5.97 Å². The molecule has 0 aliphatic rings. The van der Waals surface area contributed by atoms with Crippen molar-refractivity contribution in [2.45, 2.75) is 33.7 Å². The Kier molecular flexibility index (Phi) is 4.81. The van der Waals surface area contributed by atoms with Crippen molar-refractivity contribution >= 4 is 5.97 Å². The predicted molar refractivity (Wildman–Crippen MR) is 86.4 cm³/mol. The number of esters is 1. The van der Waals surface area contributed by atoms with Crippen LogP contribution in [0.5, 0.6) is 0 Å². The largest absolute Gasteiger partial charge is 0.465 e. The molecule has 2 rings (SSSR count). The van der Waals surface area contributed by atoms with Gasteiger partial charge in [-0.05, 0) is 56.5 Å². The van der Waals surface area contributed by atoms with E-state index in [0.717, 1.165) is 28.8 Å². The molecule has 0 atom stereocenters. The molecule has 0 bridgehead atoms. The van der Waals surface area contributed by atoms with Crippen LogP contribution in [0.4, 0.5) is 0 Å². The fourth-order valence-electron chi connectivity index (χ4n) is 2.50. The van der Waals surface area contributed by atoms with Gasteiger partial charge in [-0.2, -0.15) is 0 Å². The Labute approximate surface area is 130 Å². The molecule has 0 radical (unpaired) electrons. The molecule has 116 valence electrons. The third-order valence-electron chi connectivity index (χ3n) is 3.99. The van der Waals surface area contributed by atoms with Crippen LogP contribution in [0.15, 0.2) is 35.1 Å². The summed E-state index contributed by atoms with van der Waals surface area (Å²) in [4.78, 5) is 23.6. The summed E-state index contributed by atoms with van der Waals surface area (Å²) >= 11 is 0. The van der Waals surface area contributed by atoms with Crippen LogP contribution in [0.3, 0.4) is 0 Å². The van der Waals surface area contributed by atoms with E-state index in [2.05, 4.69) is 4.74 Å². The highest BCUT2D eigenvalue weighted by Gasteiger charge is 2.08. The summed E-state index contributed by atoms with van der Waals surface area (Å²) in [7, 11) is 1.37. The summed E-state index contributed by atoms with van der Waals surface area (Å²) in [6.45, 7) is 6.46. The van der Waals surface area contributed by atoms with Gasteiger partial charge < -0.3 is 9.30 Å². The number of hydrogen-bond donors (Lipinski definition) is 0.